The Bertz CT molecular complexity index is 1700. The first-order valence-electron chi connectivity index (χ1n) is 14.2. The van der Waals surface area contributed by atoms with Crippen molar-refractivity contribution in [3.8, 4) is 11.5 Å². The van der Waals surface area contributed by atoms with E-state index >= 15 is 0 Å². The first kappa shape index (κ1) is 29.6. The lowest BCUT2D eigenvalue weighted by atomic mass is 10.1. The molecule has 11 heteroatoms. The third kappa shape index (κ3) is 6.31. The zero-order valence-electron chi connectivity index (χ0n) is 24.5. The summed E-state index contributed by atoms with van der Waals surface area (Å²) < 4.78 is 12.0. The standard InChI is InChI=1S/C32H34N6O4S/c1-5-15-41-27-28(42-16-6-2)30(32(40)38-36-20(4)24-18-34-26-14-10-8-12-22(24)26)43-29(27)31(39)37-35-19(3)23-17-33-25-13-9-7-11-21(23)25/h7-14,17-18,33-34H,5-6,15-16H2,1-4H3,(H,37,39)(H,38,40)/b35-19+,36-20+. The second-order valence-corrected chi connectivity index (χ2v) is 10.9. The summed E-state index contributed by atoms with van der Waals surface area (Å²) in [6, 6.07) is 15.7. The summed E-state index contributed by atoms with van der Waals surface area (Å²) in [5, 5.41) is 10.7. The molecule has 2 aromatic carbocycles. The molecular formula is C32H34N6O4S. The van der Waals surface area contributed by atoms with Crippen molar-refractivity contribution in [1.29, 1.82) is 0 Å². The number of fused-ring (bicyclic) bond motifs is 2. The van der Waals surface area contributed by atoms with Gasteiger partial charge in [-0.15, -0.1) is 11.3 Å². The van der Waals surface area contributed by atoms with Crippen LogP contribution in [0.15, 0.2) is 71.1 Å². The van der Waals surface area contributed by atoms with Crippen molar-refractivity contribution < 1.29 is 19.1 Å². The van der Waals surface area contributed by atoms with E-state index in [2.05, 4.69) is 31.0 Å². The molecule has 5 rings (SSSR count). The summed E-state index contributed by atoms with van der Waals surface area (Å²) in [7, 11) is 0. The fraction of sp³-hybridized carbons (Fsp3) is 0.250. The number of ether oxygens (including phenoxy) is 2. The van der Waals surface area contributed by atoms with Gasteiger partial charge in [0, 0.05) is 45.3 Å². The molecule has 0 radical (unpaired) electrons. The Kier molecular flexibility index (Phi) is 9.21. The molecule has 5 aromatic rings. The topological polar surface area (TPSA) is 133 Å². The van der Waals surface area contributed by atoms with E-state index in [4.69, 9.17) is 9.47 Å². The van der Waals surface area contributed by atoms with E-state index in [0.717, 1.165) is 44.3 Å². The molecule has 3 aromatic heterocycles. The molecule has 0 saturated carbocycles. The van der Waals surface area contributed by atoms with Gasteiger partial charge in [-0.3, -0.25) is 9.59 Å². The molecule has 0 aliphatic heterocycles. The van der Waals surface area contributed by atoms with Gasteiger partial charge in [-0.2, -0.15) is 10.2 Å². The maximum atomic E-state index is 13.5. The molecule has 10 nitrogen and oxygen atoms in total. The van der Waals surface area contributed by atoms with Gasteiger partial charge in [-0.1, -0.05) is 50.2 Å². The minimum absolute atomic E-state index is 0.192. The van der Waals surface area contributed by atoms with Gasteiger partial charge < -0.3 is 19.4 Å². The first-order valence-corrected chi connectivity index (χ1v) is 15.0. The molecule has 0 fully saturated rings. The largest absolute Gasteiger partial charge is 0.488 e. The summed E-state index contributed by atoms with van der Waals surface area (Å²) in [5.74, 6) is -0.566. The summed E-state index contributed by atoms with van der Waals surface area (Å²) in [6.45, 7) is 8.25. The normalized spacial score (nSPS) is 12.1. The van der Waals surface area contributed by atoms with E-state index in [1.54, 1.807) is 0 Å². The van der Waals surface area contributed by atoms with E-state index in [1.165, 1.54) is 0 Å². The predicted molar refractivity (Wildman–Crippen MR) is 172 cm³/mol. The highest BCUT2D eigenvalue weighted by Gasteiger charge is 2.29. The molecule has 4 N–H and O–H groups in total. The maximum Gasteiger partial charge on any atom is 0.285 e. The number of rotatable bonds is 12. The third-order valence-corrected chi connectivity index (χ3v) is 7.89. The van der Waals surface area contributed by atoms with Crippen LogP contribution in [0.2, 0.25) is 0 Å². The van der Waals surface area contributed by atoms with Crippen molar-refractivity contribution in [2.45, 2.75) is 40.5 Å². The van der Waals surface area contributed by atoms with E-state index in [1.807, 2.05) is 88.6 Å². The Balaban J connectivity index is 1.43. The van der Waals surface area contributed by atoms with Crippen LogP contribution < -0.4 is 20.3 Å². The summed E-state index contributed by atoms with van der Waals surface area (Å²) in [6.07, 6.45) is 5.12. The maximum absolute atomic E-state index is 13.5. The van der Waals surface area contributed by atoms with Crippen LogP contribution in [0, 0.1) is 0 Å². The second-order valence-electron chi connectivity index (χ2n) is 9.89. The lowest BCUT2D eigenvalue weighted by molar-refractivity contribution is 0.0945. The van der Waals surface area contributed by atoms with Crippen LogP contribution in [0.4, 0.5) is 0 Å². The van der Waals surface area contributed by atoms with E-state index in [0.29, 0.717) is 37.5 Å². The van der Waals surface area contributed by atoms with E-state index in [9.17, 15) is 9.59 Å². The first-order chi connectivity index (χ1) is 20.9. The van der Waals surface area contributed by atoms with Crippen molar-refractivity contribution in [1.82, 2.24) is 20.8 Å². The van der Waals surface area contributed by atoms with Crippen LogP contribution in [-0.2, 0) is 0 Å². The summed E-state index contributed by atoms with van der Waals surface area (Å²) in [5.41, 5.74) is 10.2. The van der Waals surface area contributed by atoms with Crippen molar-refractivity contribution in [3.63, 3.8) is 0 Å². The summed E-state index contributed by atoms with van der Waals surface area (Å²) >= 11 is 0.982. The fourth-order valence-electron chi connectivity index (χ4n) is 4.60. The highest BCUT2D eigenvalue weighted by Crippen LogP contribution is 2.43. The van der Waals surface area contributed by atoms with E-state index in [-0.39, 0.29) is 21.3 Å². The number of amides is 2. The van der Waals surface area contributed by atoms with Crippen molar-refractivity contribution >= 4 is 56.4 Å². The number of nitrogens with one attached hydrogen (secondary N) is 4. The molecular weight excluding hydrogens is 564 g/mol. The zero-order chi connectivity index (χ0) is 30.3. The van der Waals surface area contributed by atoms with Gasteiger partial charge in [0.05, 0.1) is 24.6 Å². The average molecular weight is 599 g/mol. The number of aromatic amines is 2. The van der Waals surface area contributed by atoms with Crippen molar-refractivity contribution in [3.05, 3.63) is 81.8 Å². The molecule has 0 bridgehead atoms. The molecule has 3 heterocycles. The molecule has 0 unspecified atom stereocenters. The van der Waals surface area contributed by atoms with Crippen molar-refractivity contribution in [2.75, 3.05) is 13.2 Å². The monoisotopic (exact) mass is 598 g/mol. The molecule has 222 valence electrons. The number of nitrogens with zero attached hydrogens (tertiary/aromatic N) is 2. The molecule has 0 saturated heterocycles. The van der Waals surface area contributed by atoms with Gasteiger partial charge in [0.1, 0.15) is 9.75 Å². The van der Waals surface area contributed by atoms with Gasteiger partial charge in [0.25, 0.3) is 11.8 Å². The predicted octanol–water partition coefficient (Wildman–Crippen LogP) is 6.60. The van der Waals surface area contributed by atoms with Crippen LogP contribution in [0.5, 0.6) is 11.5 Å². The van der Waals surface area contributed by atoms with Crippen LogP contribution in [0.3, 0.4) is 0 Å². The molecule has 0 spiro atoms. The van der Waals surface area contributed by atoms with Crippen molar-refractivity contribution in [2.24, 2.45) is 10.2 Å². The quantitative estimate of drug-likeness (QED) is 0.0952. The zero-order valence-corrected chi connectivity index (χ0v) is 25.4. The Morgan fingerprint density at radius 1 is 0.721 bits per heavy atom. The molecule has 0 atom stereocenters. The highest BCUT2D eigenvalue weighted by atomic mass is 32.1. The number of carbonyl (C=O) groups is 2. The Labute approximate surface area is 253 Å². The van der Waals surface area contributed by atoms with Gasteiger partial charge in [-0.25, -0.2) is 10.9 Å². The number of aromatic nitrogens is 2. The minimum atomic E-state index is -0.505. The van der Waals surface area contributed by atoms with Gasteiger partial charge in [0.15, 0.2) is 11.5 Å². The fourth-order valence-corrected chi connectivity index (χ4v) is 5.57. The van der Waals surface area contributed by atoms with Gasteiger partial charge >= 0.3 is 0 Å². The lowest BCUT2D eigenvalue weighted by Gasteiger charge is -2.11. The number of para-hydroxylation sites is 2. The Hall–Kier alpha value is -4.90. The number of hydrazone groups is 2. The minimum Gasteiger partial charge on any atom is -0.488 e. The number of benzene rings is 2. The van der Waals surface area contributed by atoms with E-state index < -0.39 is 11.8 Å². The van der Waals surface area contributed by atoms with Crippen LogP contribution in [0.1, 0.15) is 71.0 Å². The molecule has 0 aliphatic rings. The SMILES string of the molecule is CCCOc1c(C(=O)N/N=C(\C)c2c[nH]c3ccccc23)sc(C(=O)N/N=C(\C)c2c[nH]c3ccccc23)c1OCCC. The molecule has 2 amide bonds. The number of hydrogen-bond acceptors (Lipinski definition) is 7. The third-order valence-electron chi connectivity index (χ3n) is 6.74. The Morgan fingerprint density at radius 3 is 1.56 bits per heavy atom. The second kappa shape index (κ2) is 13.4. The number of hydrogen-bond donors (Lipinski definition) is 4. The highest BCUT2D eigenvalue weighted by molar-refractivity contribution is 7.16. The molecule has 43 heavy (non-hydrogen) atoms. The van der Waals surface area contributed by atoms with Crippen LogP contribution in [0.25, 0.3) is 21.8 Å². The molecule has 0 aliphatic carbocycles. The lowest BCUT2D eigenvalue weighted by Crippen LogP contribution is -2.19. The average Bonchev–Trinajstić information content (AvgIpc) is 3.75. The van der Waals surface area contributed by atoms with Gasteiger partial charge in [-0.05, 0) is 38.8 Å². The van der Waals surface area contributed by atoms with Crippen LogP contribution >= 0.6 is 11.3 Å². The smallest absolute Gasteiger partial charge is 0.285 e. The Morgan fingerprint density at radius 2 is 1.14 bits per heavy atom. The number of thiophene rings is 1. The number of H-pyrrole nitrogens is 2. The van der Waals surface area contributed by atoms with Gasteiger partial charge in [0.2, 0.25) is 0 Å². The van der Waals surface area contributed by atoms with Crippen LogP contribution in [-0.4, -0.2) is 46.4 Å². The number of carbonyl (C=O) groups excluding carboxylic acids is 2. The summed E-state index contributed by atoms with van der Waals surface area (Å²) in [4.78, 5) is 33.7.